The molecule has 10 heteroatoms. The molecule has 204 valence electrons. The fourth-order valence-electron chi connectivity index (χ4n) is 6.07. The van der Waals surface area contributed by atoms with Crippen LogP contribution in [-0.2, 0) is 21.4 Å². The zero-order valence-electron chi connectivity index (χ0n) is 22.5. The van der Waals surface area contributed by atoms with Crippen molar-refractivity contribution in [2.75, 3.05) is 12.4 Å². The van der Waals surface area contributed by atoms with Crippen LogP contribution in [0.3, 0.4) is 0 Å². The lowest BCUT2D eigenvalue weighted by atomic mass is 9.72. The molecule has 2 aromatic carbocycles. The fourth-order valence-corrected chi connectivity index (χ4v) is 6.07. The van der Waals surface area contributed by atoms with Crippen LogP contribution in [-0.4, -0.2) is 35.2 Å². The third-order valence-electron chi connectivity index (χ3n) is 8.07. The van der Waals surface area contributed by atoms with Crippen LogP contribution in [0.2, 0.25) is 0 Å². The molecule has 1 unspecified atom stereocenters. The highest BCUT2D eigenvalue weighted by atomic mass is 16.5. The normalized spacial score (nSPS) is 24.2. The van der Waals surface area contributed by atoms with Gasteiger partial charge in [0.05, 0.1) is 7.11 Å². The molecule has 2 aromatic heterocycles. The molecule has 7 rings (SSSR count). The van der Waals surface area contributed by atoms with E-state index in [-0.39, 0.29) is 29.3 Å². The Kier molecular flexibility index (Phi) is 5.32. The molecule has 3 aliphatic heterocycles. The van der Waals surface area contributed by atoms with Crippen molar-refractivity contribution in [2.45, 2.75) is 44.9 Å². The van der Waals surface area contributed by atoms with Gasteiger partial charge < -0.3 is 28.9 Å². The average molecular weight is 541 g/mol. The van der Waals surface area contributed by atoms with Gasteiger partial charge in [0.2, 0.25) is 17.7 Å². The van der Waals surface area contributed by atoms with Gasteiger partial charge in [0, 0.05) is 17.2 Å². The van der Waals surface area contributed by atoms with Gasteiger partial charge in [0.25, 0.3) is 0 Å². The first-order valence-corrected chi connectivity index (χ1v) is 13.3. The van der Waals surface area contributed by atoms with E-state index in [0.29, 0.717) is 29.5 Å². The Morgan fingerprint density at radius 1 is 1.12 bits per heavy atom. The summed E-state index contributed by atoms with van der Waals surface area (Å²) in [5, 5.41) is 6.68. The van der Waals surface area contributed by atoms with Gasteiger partial charge in [-0.05, 0) is 35.6 Å². The van der Waals surface area contributed by atoms with Crippen LogP contribution < -0.4 is 15.4 Å². The van der Waals surface area contributed by atoms with Crippen LogP contribution in [0.1, 0.15) is 65.6 Å². The first kappa shape index (κ1) is 24.4. The smallest absolute Gasteiger partial charge is 0.360 e. The van der Waals surface area contributed by atoms with Crippen LogP contribution in [0.5, 0.6) is 5.75 Å². The van der Waals surface area contributed by atoms with E-state index in [9.17, 15) is 9.59 Å². The van der Waals surface area contributed by atoms with Crippen molar-refractivity contribution in [1.29, 1.82) is 0 Å². The first-order valence-electron chi connectivity index (χ1n) is 13.3. The number of para-hydroxylation sites is 1. The number of carbonyl (C=O) groups excluding carboxylic acids is 2. The highest BCUT2D eigenvalue weighted by Gasteiger charge is 2.61. The Labute approximate surface area is 230 Å². The fraction of sp³-hybridized carbons (Fsp3) is 0.333. The minimum Gasteiger partial charge on any atom is -0.469 e. The minimum absolute atomic E-state index is 0.0119. The number of rotatable bonds is 3. The topological polar surface area (TPSA) is 129 Å². The molecule has 0 saturated carbocycles. The summed E-state index contributed by atoms with van der Waals surface area (Å²) in [5.41, 5.74) is 3.14. The highest BCUT2D eigenvalue weighted by molar-refractivity contribution is 5.87. The molecular formula is C30H28N4O6. The number of amides is 1. The number of methoxy groups -OCH3 is 1. The van der Waals surface area contributed by atoms with Crippen molar-refractivity contribution >= 4 is 17.6 Å². The molecule has 2 N–H and O–H groups in total. The van der Waals surface area contributed by atoms with Crippen LogP contribution in [0.25, 0.3) is 11.6 Å². The molecule has 1 spiro atoms. The highest BCUT2D eigenvalue weighted by Crippen LogP contribution is 2.59. The Balaban J connectivity index is 1.56. The number of ether oxygens (including phenoxy) is 2. The number of fused-ring (bicyclic) bond motifs is 4. The van der Waals surface area contributed by atoms with Gasteiger partial charge in [-0.25, -0.2) is 14.8 Å². The average Bonchev–Trinajstić information content (AvgIpc) is 3.71. The van der Waals surface area contributed by atoms with E-state index in [0.717, 1.165) is 22.4 Å². The molecule has 0 fully saturated rings. The van der Waals surface area contributed by atoms with Gasteiger partial charge in [-0.2, -0.15) is 0 Å². The number of hydrogen-bond acceptors (Lipinski definition) is 9. The molecule has 3 aliphatic rings. The zero-order chi connectivity index (χ0) is 27.8. The van der Waals surface area contributed by atoms with Crippen molar-refractivity contribution in [1.82, 2.24) is 15.3 Å². The SMILES string of the molecule is COC(=O)c1coc(-c2nc3oc2C24c5ccccc5N[C@H]2Oc2ccc(cc24)C[C@H](C)C(=O)N[C@H]3C(C)C)n1. The number of nitrogens with one attached hydrogen (secondary N) is 2. The predicted octanol–water partition coefficient (Wildman–Crippen LogP) is 4.60. The first-order chi connectivity index (χ1) is 19.3. The Morgan fingerprint density at radius 2 is 1.95 bits per heavy atom. The molecule has 4 bridgehead atoms. The van der Waals surface area contributed by atoms with Crippen molar-refractivity contribution in [3.05, 3.63) is 82.8 Å². The van der Waals surface area contributed by atoms with Gasteiger partial charge in [-0.1, -0.05) is 51.1 Å². The third kappa shape index (κ3) is 3.34. The number of nitrogens with zero attached hydrogens (tertiary/aromatic N) is 2. The van der Waals surface area contributed by atoms with E-state index in [1.807, 2.05) is 57.2 Å². The lowest BCUT2D eigenvalue weighted by Crippen LogP contribution is -2.40. The van der Waals surface area contributed by atoms with Gasteiger partial charge in [-0.15, -0.1) is 0 Å². The van der Waals surface area contributed by atoms with Crippen molar-refractivity contribution < 1.29 is 27.9 Å². The molecule has 0 saturated heterocycles. The summed E-state index contributed by atoms with van der Waals surface area (Å²) >= 11 is 0. The summed E-state index contributed by atoms with van der Waals surface area (Å²) in [6, 6.07) is 13.5. The van der Waals surface area contributed by atoms with E-state index in [1.165, 1.54) is 13.4 Å². The van der Waals surface area contributed by atoms with Gasteiger partial charge >= 0.3 is 5.97 Å². The Bertz CT molecular complexity index is 1670. The number of anilines is 1. The molecule has 5 heterocycles. The standard InChI is InChI=1S/C30H28N4O6/c1-14(2)22-27-34-23(26-31-20(13-38-26)28(36)37-4)24(40-27)30-17-7-5-6-8-19(17)32-29(30)39-21-10-9-16(12-18(21)30)11-15(3)25(35)33-22/h5-10,12-15,22,29,32H,11H2,1-4H3,(H,33,35)/t15-,22-,29-,30?/m0/s1. The summed E-state index contributed by atoms with van der Waals surface area (Å²) in [7, 11) is 1.28. The van der Waals surface area contributed by atoms with E-state index in [2.05, 4.69) is 21.7 Å². The molecule has 0 aliphatic carbocycles. The molecule has 4 aromatic rings. The molecule has 40 heavy (non-hydrogen) atoms. The lowest BCUT2D eigenvalue weighted by Gasteiger charge is -2.28. The van der Waals surface area contributed by atoms with E-state index in [1.54, 1.807) is 0 Å². The zero-order valence-corrected chi connectivity index (χ0v) is 22.5. The molecule has 1 amide bonds. The van der Waals surface area contributed by atoms with Crippen LogP contribution in [0.15, 0.2) is 57.6 Å². The number of aromatic nitrogens is 2. The number of oxazole rings is 2. The van der Waals surface area contributed by atoms with Crippen LogP contribution in [0.4, 0.5) is 5.69 Å². The third-order valence-corrected chi connectivity index (χ3v) is 8.07. The lowest BCUT2D eigenvalue weighted by molar-refractivity contribution is -0.125. The Morgan fingerprint density at radius 3 is 2.75 bits per heavy atom. The summed E-state index contributed by atoms with van der Waals surface area (Å²) in [6.45, 7) is 5.91. The number of esters is 1. The van der Waals surface area contributed by atoms with E-state index < -0.39 is 23.7 Å². The monoisotopic (exact) mass is 540 g/mol. The number of carbonyl (C=O) groups is 2. The van der Waals surface area contributed by atoms with Gasteiger partial charge in [0.15, 0.2) is 23.4 Å². The van der Waals surface area contributed by atoms with E-state index >= 15 is 0 Å². The maximum Gasteiger partial charge on any atom is 0.360 e. The van der Waals surface area contributed by atoms with Crippen LogP contribution in [0, 0.1) is 11.8 Å². The summed E-state index contributed by atoms with van der Waals surface area (Å²) in [6.07, 6.45) is 1.25. The number of benzene rings is 2. The predicted molar refractivity (Wildman–Crippen MR) is 143 cm³/mol. The molecule has 0 radical (unpaired) electrons. The molecular weight excluding hydrogens is 512 g/mol. The van der Waals surface area contributed by atoms with Crippen LogP contribution >= 0.6 is 0 Å². The Hall–Kier alpha value is -4.60. The van der Waals surface area contributed by atoms with Crippen molar-refractivity contribution in [3.8, 4) is 17.3 Å². The summed E-state index contributed by atoms with van der Waals surface area (Å²) in [4.78, 5) is 34.9. The largest absolute Gasteiger partial charge is 0.469 e. The maximum absolute atomic E-state index is 13.3. The van der Waals surface area contributed by atoms with Gasteiger partial charge in [-0.3, -0.25) is 4.79 Å². The molecule has 10 nitrogen and oxygen atoms in total. The second-order valence-electron chi connectivity index (χ2n) is 10.9. The summed E-state index contributed by atoms with van der Waals surface area (Å²) in [5.74, 6) is 0.529. The van der Waals surface area contributed by atoms with Gasteiger partial charge in [0.1, 0.15) is 23.5 Å². The second kappa shape index (κ2) is 8.70. The van der Waals surface area contributed by atoms with Crippen molar-refractivity contribution in [2.24, 2.45) is 11.8 Å². The minimum atomic E-state index is -0.948. The second-order valence-corrected chi connectivity index (χ2v) is 10.9. The molecule has 4 atom stereocenters. The maximum atomic E-state index is 13.3. The van der Waals surface area contributed by atoms with E-state index in [4.69, 9.17) is 23.3 Å². The summed E-state index contributed by atoms with van der Waals surface area (Å²) < 4.78 is 23.9. The quantitative estimate of drug-likeness (QED) is 0.358. The van der Waals surface area contributed by atoms with Crippen molar-refractivity contribution in [3.63, 3.8) is 0 Å². The number of hydrogen-bond donors (Lipinski definition) is 2.